The van der Waals surface area contributed by atoms with Gasteiger partial charge in [0.1, 0.15) is 6.10 Å². The summed E-state index contributed by atoms with van der Waals surface area (Å²) in [5.74, 6) is -0.209. The largest absolute Gasteiger partial charge is 0.458 e. The van der Waals surface area contributed by atoms with Crippen LogP contribution in [0.2, 0.25) is 0 Å². The Morgan fingerprint density at radius 2 is 1.74 bits per heavy atom. The third-order valence-electron chi connectivity index (χ3n) is 6.91. The van der Waals surface area contributed by atoms with Gasteiger partial charge in [-0.2, -0.15) is 0 Å². The van der Waals surface area contributed by atoms with Gasteiger partial charge < -0.3 is 14.2 Å². The fourth-order valence-electron chi connectivity index (χ4n) is 5.02. The average Bonchev–Trinajstić information content (AvgIpc) is 3.41. The first-order valence-electron chi connectivity index (χ1n) is 12.3. The van der Waals surface area contributed by atoms with Crippen molar-refractivity contribution in [1.29, 1.82) is 0 Å². The molecule has 2 aliphatic rings. The zero-order chi connectivity index (χ0) is 23.9. The second-order valence-electron chi connectivity index (χ2n) is 9.23. The number of hydrogen-bond acceptors (Lipinski definition) is 5. The van der Waals surface area contributed by atoms with Crippen LogP contribution in [0.3, 0.4) is 0 Å². The fraction of sp³-hybridized carbons (Fsp3) is 0.448. The number of fused-ring (bicyclic) bond motifs is 1. The highest BCUT2D eigenvalue weighted by atomic mass is 16.7. The highest BCUT2D eigenvalue weighted by molar-refractivity contribution is 5.90. The third kappa shape index (κ3) is 5.83. The topological polar surface area (TPSA) is 61.8 Å². The molecule has 0 amide bonds. The molecule has 5 heteroatoms. The molecule has 34 heavy (non-hydrogen) atoms. The van der Waals surface area contributed by atoms with Crippen LogP contribution in [0.5, 0.6) is 0 Å². The number of allylic oxidation sites excluding steroid dienone is 1. The monoisotopic (exact) mass is 462 g/mol. The summed E-state index contributed by atoms with van der Waals surface area (Å²) < 4.78 is 17.5. The van der Waals surface area contributed by atoms with Crippen LogP contribution in [0, 0.1) is 11.8 Å². The van der Waals surface area contributed by atoms with E-state index in [2.05, 4.69) is 6.92 Å². The molecular weight excluding hydrogens is 428 g/mol. The van der Waals surface area contributed by atoms with Crippen molar-refractivity contribution in [3.63, 3.8) is 0 Å². The third-order valence-corrected chi connectivity index (χ3v) is 6.91. The molecule has 0 bridgehead atoms. The van der Waals surface area contributed by atoms with Gasteiger partial charge in [-0.05, 0) is 42.2 Å². The molecule has 1 saturated carbocycles. The quantitative estimate of drug-likeness (QED) is 0.247. The van der Waals surface area contributed by atoms with E-state index in [9.17, 15) is 9.59 Å². The van der Waals surface area contributed by atoms with Gasteiger partial charge in [0.25, 0.3) is 0 Å². The van der Waals surface area contributed by atoms with Gasteiger partial charge in [0, 0.05) is 31.8 Å². The van der Waals surface area contributed by atoms with Gasteiger partial charge in [0.05, 0.1) is 11.7 Å². The summed E-state index contributed by atoms with van der Waals surface area (Å²) in [7, 11) is 1.63. The molecule has 5 nitrogen and oxygen atoms in total. The van der Waals surface area contributed by atoms with Crippen LogP contribution in [0.25, 0.3) is 11.1 Å². The number of esters is 1. The number of methoxy groups -OCH3 is 1. The first-order chi connectivity index (χ1) is 16.6. The first kappa shape index (κ1) is 24.4. The zero-order valence-electron chi connectivity index (χ0n) is 20.0. The van der Waals surface area contributed by atoms with E-state index >= 15 is 0 Å². The lowest BCUT2D eigenvalue weighted by Crippen LogP contribution is -2.29. The highest BCUT2D eigenvalue weighted by Crippen LogP contribution is 2.45. The predicted octanol–water partition coefficient (Wildman–Crippen LogP) is 5.98. The van der Waals surface area contributed by atoms with Crippen molar-refractivity contribution < 1.29 is 23.8 Å². The van der Waals surface area contributed by atoms with E-state index in [1.807, 2.05) is 60.7 Å². The summed E-state index contributed by atoms with van der Waals surface area (Å²) in [4.78, 5) is 25.3. The number of ether oxygens (including phenoxy) is 3. The number of rotatable bonds is 10. The lowest BCUT2D eigenvalue weighted by atomic mass is 9.96. The molecule has 1 heterocycles. The van der Waals surface area contributed by atoms with Gasteiger partial charge in [-0.25, -0.2) is 4.79 Å². The predicted molar refractivity (Wildman–Crippen MR) is 131 cm³/mol. The number of ketones is 1. The molecule has 5 atom stereocenters. The zero-order valence-corrected chi connectivity index (χ0v) is 20.0. The molecule has 1 aliphatic carbocycles. The van der Waals surface area contributed by atoms with E-state index in [1.165, 1.54) is 0 Å². The van der Waals surface area contributed by atoms with E-state index in [4.69, 9.17) is 14.2 Å². The van der Waals surface area contributed by atoms with Crippen LogP contribution in [0.1, 0.15) is 55.8 Å². The summed E-state index contributed by atoms with van der Waals surface area (Å²) >= 11 is 0. The van der Waals surface area contributed by atoms with Crippen LogP contribution in [0.15, 0.2) is 66.7 Å². The van der Waals surface area contributed by atoms with Gasteiger partial charge in [-0.15, -0.1) is 0 Å². The summed E-state index contributed by atoms with van der Waals surface area (Å²) in [5.41, 5.74) is 2.67. The lowest BCUT2D eigenvalue weighted by molar-refractivity contribution is -0.116. The van der Waals surface area contributed by atoms with Gasteiger partial charge in [-0.1, -0.05) is 68.3 Å². The first-order valence-corrected chi connectivity index (χ1v) is 12.3. The summed E-state index contributed by atoms with van der Waals surface area (Å²) in [6.07, 6.45) is 7.96. The smallest absolute Gasteiger partial charge is 0.338 e. The van der Waals surface area contributed by atoms with E-state index in [-0.39, 0.29) is 42.1 Å². The molecule has 0 radical (unpaired) electrons. The molecule has 0 aromatic heterocycles. The SMILES string of the molecule is CCCCCC(=O)/C=C/[C@H]1C[C@@H]2O[C@@H](OC)C[C@H]2[C@@H]1OC(=O)c1ccc(-c2ccccc2)cc1. The summed E-state index contributed by atoms with van der Waals surface area (Å²) in [5, 5.41) is 0. The maximum Gasteiger partial charge on any atom is 0.338 e. The minimum absolute atomic E-state index is 0.0342. The molecule has 0 N–H and O–H groups in total. The standard InChI is InChI=1S/C29H34O5/c1-3-4-6-11-24(30)17-16-23-18-26-25(19-27(32-2)33-26)28(23)34-29(31)22-14-12-21(13-15-22)20-9-7-5-8-10-20/h5,7-10,12-17,23,25-28H,3-4,6,11,18-19H2,1-2H3/b17-16+/t23-,25+,26-,27+,28+/m0/s1. The molecule has 0 unspecified atom stereocenters. The van der Waals surface area contributed by atoms with Crippen LogP contribution >= 0.6 is 0 Å². The Kier molecular flexibility index (Phi) is 8.30. The van der Waals surface area contributed by atoms with Gasteiger partial charge in [0.15, 0.2) is 12.1 Å². The molecule has 2 fully saturated rings. The molecular formula is C29H34O5. The normalized spacial score (nSPS) is 26.0. The van der Waals surface area contributed by atoms with Crippen molar-refractivity contribution in [2.24, 2.45) is 11.8 Å². The Morgan fingerprint density at radius 1 is 1.00 bits per heavy atom. The molecule has 1 aliphatic heterocycles. The number of benzene rings is 2. The average molecular weight is 463 g/mol. The number of unbranched alkanes of at least 4 members (excludes halogenated alkanes) is 2. The molecule has 2 aromatic rings. The van der Waals surface area contributed by atoms with Crippen molar-refractivity contribution in [2.75, 3.05) is 7.11 Å². The van der Waals surface area contributed by atoms with Crippen molar-refractivity contribution in [3.8, 4) is 11.1 Å². The minimum atomic E-state index is -0.348. The van der Waals surface area contributed by atoms with Crippen LogP contribution in [-0.2, 0) is 19.0 Å². The molecule has 1 saturated heterocycles. The second-order valence-corrected chi connectivity index (χ2v) is 9.23. The highest BCUT2D eigenvalue weighted by Gasteiger charge is 2.51. The Bertz CT molecular complexity index is 981. The Hall–Kier alpha value is -2.76. The van der Waals surface area contributed by atoms with E-state index in [1.54, 1.807) is 13.2 Å². The lowest BCUT2D eigenvalue weighted by Gasteiger charge is -2.22. The van der Waals surface area contributed by atoms with Crippen molar-refractivity contribution in [2.45, 2.75) is 63.9 Å². The van der Waals surface area contributed by atoms with Crippen molar-refractivity contribution >= 4 is 11.8 Å². The minimum Gasteiger partial charge on any atom is -0.458 e. The number of carbonyl (C=O) groups is 2. The van der Waals surface area contributed by atoms with E-state index < -0.39 is 0 Å². The Labute approximate surface area is 202 Å². The molecule has 0 spiro atoms. The van der Waals surface area contributed by atoms with E-state index in [0.717, 1.165) is 30.4 Å². The fourth-order valence-corrected chi connectivity index (χ4v) is 5.02. The summed E-state index contributed by atoms with van der Waals surface area (Å²) in [6.45, 7) is 2.12. The summed E-state index contributed by atoms with van der Waals surface area (Å²) in [6, 6.07) is 17.5. The van der Waals surface area contributed by atoms with Crippen LogP contribution in [0.4, 0.5) is 0 Å². The molecule has 2 aromatic carbocycles. The Balaban J connectivity index is 1.45. The molecule has 4 rings (SSSR count). The van der Waals surface area contributed by atoms with Crippen molar-refractivity contribution in [1.82, 2.24) is 0 Å². The van der Waals surface area contributed by atoms with Gasteiger partial charge >= 0.3 is 5.97 Å². The van der Waals surface area contributed by atoms with Gasteiger partial charge in [0.2, 0.25) is 0 Å². The maximum absolute atomic E-state index is 13.1. The number of carbonyl (C=O) groups excluding carboxylic acids is 2. The van der Waals surface area contributed by atoms with Gasteiger partial charge in [-0.3, -0.25) is 4.79 Å². The van der Waals surface area contributed by atoms with Crippen LogP contribution in [-0.4, -0.2) is 37.4 Å². The Morgan fingerprint density at radius 3 is 2.44 bits per heavy atom. The molecule has 180 valence electrons. The van der Waals surface area contributed by atoms with Crippen molar-refractivity contribution in [3.05, 3.63) is 72.3 Å². The van der Waals surface area contributed by atoms with E-state index in [0.29, 0.717) is 24.8 Å². The second kappa shape index (κ2) is 11.6. The van der Waals surface area contributed by atoms with Crippen LogP contribution < -0.4 is 0 Å². The number of hydrogen-bond donors (Lipinski definition) is 0. The maximum atomic E-state index is 13.1.